The number of amides is 1. The number of aromatic nitrogens is 1. The Balaban J connectivity index is 2.27. The van der Waals surface area contributed by atoms with Crippen LogP contribution in [0.15, 0.2) is 30.5 Å². The third kappa shape index (κ3) is 3.83. The zero-order valence-electron chi connectivity index (χ0n) is 11.1. The van der Waals surface area contributed by atoms with E-state index < -0.39 is 11.7 Å². The first-order valence-corrected chi connectivity index (χ1v) is 6.92. The Kier molecular flexibility index (Phi) is 4.98. The van der Waals surface area contributed by atoms with Crippen LogP contribution in [-0.4, -0.2) is 17.4 Å². The first-order chi connectivity index (χ1) is 10.0. The Morgan fingerprint density at radius 1 is 1.29 bits per heavy atom. The highest BCUT2D eigenvalue weighted by atomic mass is 35.5. The van der Waals surface area contributed by atoms with E-state index in [1.807, 2.05) is 6.92 Å². The molecule has 1 aromatic heterocycles. The molecule has 0 bridgehead atoms. The minimum absolute atomic E-state index is 0.180. The number of nitrogens with zero attached hydrogens (tertiary/aromatic N) is 1. The average molecular weight is 328 g/mol. The molecule has 0 unspecified atom stereocenters. The number of carbonyl (C=O) groups excluding carboxylic acids is 1. The second-order valence-electron chi connectivity index (χ2n) is 4.16. The Morgan fingerprint density at radius 3 is 2.76 bits per heavy atom. The Hall–Kier alpha value is -1.85. The van der Waals surface area contributed by atoms with E-state index >= 15 is 0 Å². The number of hydrogen-bond acceptors (Lipinski definition) is 3. The third-order valence-corrected chi connectivity index (χ3v) is 3.27. The standard InChI is InChI=1S/C14H12Cl2FN3O/c1-2-18-13-6-9(11(16)7-19-13)14(21)20-12-5-8(17)3-4-10(12)15/h3-7H,2H2,1H3,(H,18,19)(H,20,21). The molecule has 0 aliphatic carbocycles. The van der Waals surface area contributed by atoms with Gasteiger partial charge in [0.15, 0.2) is 0 Å². The van der Waals surface area contributed by atoms with Gasteiger partial charge in [0.25, 0.3) is 5.91 Å². The molecule has 0 saturated carbocycles. The molecule has 0 spiro atoms. The lowest BCUT2D eigenvalue weighted by atomic mass is 10.2. The lowest BCUT2D eigenvalue weighted by molar-refractivity contribution is 0.102. The molecule has 0 fully saturated rings. The third-order valence-electron chi connectivity index (χ3n) is 2.63. The first kappa shape index (κ1) is 15.5. The number of rotatable bonds is 4. The summed E-state index contributed by atoms with van der Waals surface area (Å²) in [5.74, 6) is -0.463. The highest BCUT2D eigenvalue weighted by Gasteiger charge is 2.14. The monoisotopic (exact) mass is 327 g/mol. The molecule has 2 N–H and O–H groups in total. The van der Waals surface area contributed by atoms with Gasteiger partial charge in [-0.3, -0.25) is 4.79 Å². The summed E-state index contributed by atoms with van der Waals surface area (Å²) in [5.41, 5.74) is 0.405. The number of carbonyl (C=O) groups is 1. The predicted octanol–water partition coefficient (Wildman–Crippen LogP) is 4.21. The summed E-state index contributed by atoms with van der Waals surface area (Å²) >= 11 is 11.9. The summed E-state index contributed by atoms with van der Waals surface area (Å²) in [6, 6.07) is 5.24. The van der Waals surface area contributed by atoms with Crippen molar-refractivity contribution in [2.24, 2.45) is 0 Å². The number of halogens is 3. The number of hydrogen-bond donors (Lipinski definition) is 2. The molecule has 2 aromatic rings. The van der Waals surface area contributed by atoms with Crippen molar-refractivity contribution in [3.8, 4) is 0 Å². The lowest BCUT2D eigenvalue weighted by Gasteiger charge is -2.10. The minimum Gasteiger partial charge on any atom is -0.370 e. The first-order valence-electron chi connectivity index (χ1n) is 6.17. The zero-order valence-corrected chi connectivity index (χ0v) is 12.6. The topological polar surface area (TPSA) is 54.0 Å². The van der Waals surface area contributed by atoms with Gasteiger partial charge in [-0.2, -0.15) is 0 Å². The molecule has 21 heavy (non-hydrogen) atoms. The van der Waals surface area contributed by atoms with Gasteiger partial charge in [-0.15, -0.1) is 0 Å². The van der Waals surface area contributed by atoms with Gasteiger partial charge in [-0.25, -0.2) is 9.37 Å². The molecule has 0 saturated heterocycles. The smallest absolute Gasteiger partial charge is 0.257 e. The molecule has 1 aromatic carbocycles. The number of nitrogens with one attached hydrogen (secondary N) is 2. The van der Waals surface area contributed by atoms with Gasteiger partial charge >= 0.3 is 0 Å². The molecule has 2 rings (SSSR count). The largest absolute Gasteiger partial charge is 0.370 e. The normalized spacial score (nSPS) is 10.3. The summed E-state index contributed by atoms with van der Waals surface area (Å²) in [6.07, 6.45) is 1.38. The van der Waals surface area contributed by atoms with E-state index in [1.165, 1.54) is 24.4 Å². The van der Waals surface area contributed by atoms with Crippen LogP contribution in [0.4, 0.5) is 15.9 Å². The van der Waals surface area contributed by atoms with E-state index in [1.54, 1.807) is 0 Å². The minimum atomic E-state index is -0.496. The van der Waals surface area contributed by atoms with Gasteiger partial charge in [0.05, 0.1) is 21.3 Å². The van der Waals surface area contributed by atoms with Crippen LogP contribution in [0.25, 0.3) is 0 Å². The molecule has 0 aliphatic rings. The highest BCUT2D eigenvalue weighted by Crippen LogP contribution is 2.25. The van der Waals surface area contributed by atoms with Crippen molar-refractivity contribution in [3.05, 3.63) is 51.9 Å². The van der Waals surface area contributed by atoms with Crippen molar-refractivity contribution < 1.29 is 9.18 Å². The summed E-state index contributed by atoms with van der Waals surface area (Å²) in [7, 11) is 0. The van der Waals surface area contributed by atoms with Gasteiger partial charge in [-0.1, -0.05) is 23.2 Å². The predicted molar refractivity (Wildman–Crippen MR) is 82.8 cm³/mol. The fourth-order valence-electron chi connectivity index (χ4n) is 1.67. The fraction of sp³-hybridized carbons (Fsp3) is 0.143. The molecular weight excluding hydrogens is 316 g/mol. The highest BCUT2D eigenvalue weighted by molar-refractivity contribution is 6.35. The molecule has 0 atom stereocenters. The summed E-state index contributed by atoms with van der Waals surface area (Å²) in [4.78, 5) is 16.3. The maximum absolute atomic E-state index is 13.2. The van der Waals surface area contributed by atoms with Gasteiger partial charge in [-0.05, 0) is 31.2 Å². The van der Waals surface area contributed by atoms with E-state index in [2.05, 4.69) is 15.6 Å². The van der Waals surface area contributed by atoms with Crippen LogP contribution in [0.5, 0.6) is 0 Å². The number of pyridine rings is 1. The van der Waals surface area contributed by atoms with Crippen molar-refractivity contribution in [2.45, 2.75) is 6.92 Å². The second-order valence-corrected chi connectivity index (χ2v) is 4.97. The molecule has 110 valence electrons. The summed E-state index contributed by atoms with van der Waals surface area (Å²) < 4.78 is 13.2. The molecular formula is C14H12Cl2FN3O. The van der Waals surface area contributed by atoms with Crippen LogP contribution >= 0.6 is 23.2 Å². The van der Waals surface area contributed by atoms with Crippen LogP contribution in [0.2, 0.25) is 10.0 Å². The van der Waals surface area contributed by atoms with E-state index in [4.69, 9.17) is 23.2 Å². The maximum Gasteiger partial charge on any atom is 0.257 e. The zero-order chi connectivity index (χ0) is 15.4. The van der Waals surface area contributed by atoms with Crippen molar-refractivity contribution >= 4 is 40.6 Å². The van der Waals surface area contributed by atoms with Gasteiger partial charge < -0.3 is 10.6 Å². The van der Waals surface area contributed by atoms with E-state index in [9.17, 15) is 9.18 Å². The number of anilines is 2. The fourth-order valence-corrected chi connectivity index (χ4v) is 2.03. The van der Waals surface area contributed by atoms with Crippen LogP contribution in [0.3, 0.4) is 0 Å². The van der Waals surface area contributed by atoms with E-state index in [-0.39, 0.29) is 21.3 Å². The lowest BCUT2D eigenvalue weighted by Crippen LogP contribution is -2.14. The molecule has 0 radical (unpaired) electrons. The summed E-state index contributed by atoms with van der Waals surface area (Å²) in [5, 5.41) is 5.94. The average Bonchev–Trinajstić information content (AvgIpc) is 2.45. The Bertz CT molecular complexity index is 679. The van der Waals surface area contributed by atoms with Crippen LogP contribution < -0.4 is 10.6 Å². The molecule has 4 nitrogen and oxygen atoms in total. The maximum atomic E-state index is 13.2. The van der Waals surface area contributed by atoms with Gasteiger partial charge in [0.1, 0.15) is 11.6 Å². The quantitative estimate of drug-likeness (QED) is 0.884. The second kappa shape index (κ2) is 6.74. The van der Waals surface area contributed by atoms with E-state index in [0.717, 1.165) is 6.07 Å². The molecule has 1 heterocycles. The SMILES string of the molecule is CCNc1cc(C(=O)Nc2cc(F)ccc2Cl)c(Cl)cn1. The van der Waals surface area contributed by atoms with Gasteiger partial charge in [0.2, 0.25) is 0 Å². The van der Waals surface area contributed by atoms with Gasteiger partial charge in [0, 0.05) is 12.7 Å². The van der Waals surface area contributed by atoms with E-state index in [0.29, 0.717) is 12.4 Å². The molecule has 0 aliphatic heterocycles. The van der Waals surface area contributed by atoms with Crippen molar-refractivity contribution in [1.29, 1.82) is 0 Å². The molecule has 7 heteroatoms. The Labute approximate surface area is 131 Å². The molecule has 1 amide bonds. The summed E-state index contributed by atoms with van der Waals surface area (Å²) in [6.45, 7) is 2.56. The van der Waals surface area contributed by atoms with Crippen LogP contribution in [0.1, 0.15) is 17.3 Å². The van der Waals surface area contributed by atoms with Crippen molar-refractivity contribution in [3.63, 3.8) is 0 Å². The Morgan fingerprint density at radius 2 is 2.05 bits per heavy atom. The number of benzene rings is 1. The van der Waals surface area contributed by atoms with Crippen LogP contribution in [0, 0.1) is 5.82 Å². The van der Waals surface area contributed by atoms with Crippen molar-refractivity contribution in [1.82, 2.24) is 4.98 Å². The van der Waals surface area contributed by atoms with Crippen LogP contribution in [-0.2, 0) is 0 Å². The van der Waals surface area contributed by atoms with Crippen molar-refractivity contribution in [2.75, 3.05) is 17.2 Å².